The van der Waals surface area contributed by atoms with Crippen molar-refractivity contribution >= 4 is 17.2 Å². The fraction of sp³-hybridized carbons (Fsp3) is 0.182. The second kappa shape index (κ2) is 6.98. The van der Waals surface area contributed by atoms with Crippen LogP contribution in [0.15, 0.2) is 72.8 Å². The van der Waals surface area contributed by atoms with E-state index in [1.807, 2.05) is 42.5 Å². The molecule has 6 nitrogen and oxygen atoms in total. The lowest BCUT2D eigenvalue weighted by atomic mass is 9.87. The average molecular weight is 370 g/mol. The van der Waals surface area contributed by atoms with Crippen LogP contribution in [0.4, 0.5) is 5.69 Å². The fourth-order valence-electron chi connectivity index (χ4n) is 3.88. The van der Waals surface area contributed by atoms with Gasteiger partial charge in [-0.1, -0.05) is 30.3 Å². The lowest BCUT2D eigenvalue weighted by Gasteiger charge is -2.16. The number of ether oxygens (including phenoxy) is 1. The molecule has 6 heteroatoms. The van der Waals surface area contributed by atoms with Crippen molar-refractivity contribution in [3.05, 3.63) is 78.4 Å². The Morgan fingerprint density at radius 2 is 1.64 bits per heavy atom. The molecule has 2 aromatic heterocycles. The Hall–Kier alpha value is -3.38. The molecule has 2 bridgehead atoms. The van der Waals surface area contributed by atoms with Crippen molar-refractivity contribution in [2.45, 2.75) is 25.0 Å². The molecule has 0 spiro atoms. The van der Waals surface area contributed by atoms with Crippen LogP contribution in [-0.2, 0) is 9.53 Å². The van der Waals surface area contributed by atoms with E-state index >= 15 is 0 Å². The monoisotopic (exact) mass is 370 g/mol. The van der Waals surface area contributed by atoms with E-state index in [0.717, 1.165) is 29.5 Å². The second-order valence-electron chi connectivity index (χ2n) is 6.87. The number of carbonyl (C=O) groups excluding carboxylic acids is 1. The third-order valence-corrected chi connectivity index (χ3v) is 5.13. The number of pyridine rings is 1. The number of nitrogens with one attached hydrogen (secondary N) is 1. The van der Waals surface area contributed by atoms with Crippen LogP contribution in [-0.4, -0.2) is 33.1 Å². The fourth-order valence-corrected chi connectivity index (χ4v) is 3.88. The van der Waals surface area contributed by atoms with Gasteiger partial charge in [0.1, 0.15) is 0 Å². The summed E-state index contributed by atoms with van der Waals surface area (Å²) in [6.07, 6.45) is 8.36. The first-order chi connectivity index (χ1) is 13.8. The zero-order chi connectivity index (χ0) is 18.9. The molecule has 2 aliphatic heterocycles. The highest BCUT2D eigenvalue weighted by Crippen LogP contribution is 2.44. The maximum atomic E-state index is 13.0. The minimum Gasteiger partial charge on any atom is -0.365 e. The molecule has 138 valence electrons. The Morgan fingerprint density at radius 1 is 0.929 bits per heavy atom. The van der Waals surface area contributed by atoms with E-state index in [2.05, 4.69) is 20.3 Å². The Kier molecular flexibility index (Phi) is 4.18. The number of hydrogen-bond acceptors (Lipinski definition) is 5. The van der Waals surface area contributed by atoms with Gasteiger partial charge in [-0.25, -0.2) is 9.97 Å². The van der Waals surface area contributed by atoms with Crippen LogP contribution >= 0.6 is 0 Å². The minimum absolute atomic E-state index is 0.0233. The van der Waals surface area contributed by atoms with E-state index < -0.39 is 0 Å². The molecule has 1 aromatic carbocycles. The average Bonchev–Trinajstić information content (AvgIpc) is 3.37. The predicted molar refractivity (Wildman–Crippen MR) is 105 cm³/mol. The number of fused-ring (bicyclic) bond motifs is 2. The molecule has 4 heterocycles. The highest BCUT2D eigenvalue weighted by molar-refractivity contribution is 6.11. The normalized spacial score (nSPS) is 20.4. The van der Waals surface area contributed by atoms with E-state index in [4.69, 9.17) is 4.74 Å². The lowest BCUT2D eigenvalue weighted by molar-refractivity contribution is -0.113. The molecular weight excluding hydrogens is 352 g/mol. The quantitative estimate of drug-likeness (QED) is 0.761. The van der Waals surface area contributed by atoms with E-state index in [1.54, 1.807) is 24.8 Å². The molecule has 0 aliphatic carbocycles. The Bertz CT molecular complexity index is 1030. The van der Waals surface area contributed by atoms with Gasteiger partial charge < -0.3 is 10.1 Å². The highest BCUT2D eigenvalue weighted by Gasteiger charge is 2.43. The van der Waals surface area contributed by atoms with Crippen LogP contribution in [0.2, 0.25) is 0 Å². The summed E-state index contributed by atoms with van der Waals surface area (Å²) >= 11 is 0. The molecule has 0 radical (unpaired) electrons. The molecule has 28 heavy (non-hydrogen) atoms. The van der Waals surface area contributed by atoms with Gasteiger partial charge >= 0.3 is 0 Å². The number of benzene rings is 1. The van der Waals surface area contributed by atoms with Crippen molar-refractivity contribution in [2.75, 3.05) is 5.32 Å². The summed E-state index contributed by atoms with van der Waals surface area (Å²) in [6.45, 7) is 0. The number of aromatic nitrogens is 3. The summed E-state index contributed by atoms with van der Waals surface area (Å²) in [5.74, 6) is 0.466. The summed E-state index contributed by atoms with van der Waals surface area (Å²) in [6, 6.07) is 13.6. The summed E-state index contributed by atoms with van der Waals surface area (Å²) in [4.78, 5) is 25.8. The maximum Gasteiger partial charge on any atom is 0.254 e. The van der Waals surface area contributed by atoms with Gasteiger partial charge in [0.05, 0.1) is 35.9 Å². The smallest absolute Gasteiger partial charge is 0.254 e. The van der Waals surface area contributed by atoms with Crippen molar-refractivity contribution in [2.24, 2.45) is 0 Å². The summed E-state index contributed by atoms with van der Waals surface area (Å²) in [7, 11) is 0. The largest absolute Gasteiger partial charge is 0.365 e. The molecule has 1 amide bonds. The van der Waals surface area contributed by atoms with Crippen LogP contribution in [0.5, 0.6) is 0 Å². The first-order valence-electron chi connectivity index (χ1n) is 9.28. The zero-order valence-corrected chi connectivity index (χ0v) is 15.1. The SMILES string of the molecule is O=C(Nc1cnc(-c2ccccc2)nc1)C1=C(c2ccncc2)[C@@H]2CCC1O2. The number of carbonyl (C=O) groups is 1. The Balaban J connectivity index is 1.41. The molecular formula is C22H18N4O2. The number of nitrogens with zero attached hydrogens (tertiary/aromatic N) is 3. The molecule has 0 saturated carbocycles. The molecule has 1 unspecified atom stereocenters. The molecule has 3 aromatic rings. The van der Waals surface area contributed by atoms with E-state index in [0.29, 0.717) is 17.1 Å². The third-order valence-electron chi connectivity index (χ3n) is 5.13. The van der Waals surface area contributed by atoms with Gasteiger partial charge in [-0.3, -0.25) is 9.78 Å². The number of anilines is 1. The second-order valence-corrected chi connectivity index (χ2v) is 6.87. The van der Waals surface area contributed by atoms with Crippen LogP contribution in [0.25, 0.3) is 17.0 Å². The minimum atomic E-state index is -0.157. The first kappa shape index (κ1) is 16.8. The van der Waals surface area contributed by atoms with E-state index in [9.17, 15) is 4.79 Å². The topological polar surface area (TPSA) is 77.0 Å². The molecule has 1 N–H and O–H groups in total. The zero-order valence-electron chi connectivity index (χ0n) is 15.1. The third kappa shape index (κ3) is 2.97. The molecule has 5 rings (SSSR count). The van der Waals surface area contributed by atoms with Gasteiger partial charge in [-0.15, -0.1) is 0 Å². The van der Waals surface area contributed by atoms with Crippen LogP contribution < -0.4 is 5.32 Å². The molecule has 2 aliphatic rings. The summed E-state index contributed by atoms with van der Waals surface area (Å²) in [5, 5.41) is 2.93. The van der Waals surface area contributed by atoms with Crippen molar-refractivity contribution in [3.8, 4) is 11.4 Å². The number of rotatable bonds is 4. The first-order valence-corrected chi connectivity index (χ1v) is 9.28. The van der Waals surface area contributed by atoms with Gasteiger partial charge in [-0.2, -0.15) is 0 Å². The van der Waals surface area contributed by atoms with Gasteiger partial charge in [0.25, 0.3) is 5.91 Å². The van der Waals surface area contributed by atoms with Crippen molar-refractivity contribution < 1.29 is 9.53 Å². The number of hydrogen-bond donors (Lipinski definition) is 1. The Morgan fingerprint density at radius 3 is 2.39 bits per heavy atom. The van der Waals surface area contributed by atoms with E-state index in [1.165, 1.54) is 0 Å². The predicted octanol–water partition coefficient (Wildman–Crippen LogP) is 3.49. The van der Waals surface area contributed by atoms with Gasteiger partial charge in [-0.05, 0) is 36.1 Å². The summed E-state index contributed by atoms with van der Waals surface area (Å²) < 4.78 is 6.00. The molecule has 2 atom stereocenters. The molecule has 1 fully saturated rings. The summed E-state index contributed by atoms with van der Waals surface area (Å²) in [5.41, 5.74) is 4.16. The van der Waals surface area contributed by atoms with Crippen LogP contribution in [0.1, 0.15) is 18.4 Å². The lowest BCUT2D eigenvalue weighted by Crippen LogP contribution is -2.23. The standard InChI is InChI=1S/C22H18N4O2/c27-22(26-16-12-24-21(25-13-16)15-4-2-1-3-5-15)20-18-7-6-17(28-18)19(20)14-8-10-23-11-9-14/h1-5,8-13,17-18H,6-7H2,(H,26,27)/t17-,18?/m0/s1. The van der Waals surface area contributed by atoms with Crippen molar-refractivity contribution in [1.29, 1.82) is 0 Å². The molecule has 1 saturated heterocycles. The number of amides is 1. The van der Waals surface area contributed by atoms with Gasteiger partial charge in [0.2, 0.25) is 0 Å². The highest BCUT2D eigenvalue weighted by atomic mass is 16.5. The van der Waals surface area contributed by atoms with Crippen molar-refractivity contribution in [1.82, 2.24) is 15.0 Å². The van der Waals surface area contributed by atoms with Gasteiger partial charge in [0.15, 0.2) is 5.82 Å². The van der Waals surface area contributed by atoms with Gasteiger partial charge in [0, 0.05) is 18.0 Å². The van der Waals surface area contributed by atoms with Crippen LogP contribution in [0.3, 0.4) is 0 Å². The van der Waals surface area contributed by atoms with Crippen molar-refractivity contribution in [3.63, 3.8) is 0 Å². The van der Waals surface area contributed by atoms with Crippen LogP contribution in [0, 0.1) is 0 Å². The maximum absolute atomic E-state index is 13.0. The van der Waals surface area contributed by atoms with E-state index in [-0.39, 0.29) is 18.1 Å². The Labute approximate surface area is 162 Å².